The maximum atomic E-state index is 2.36. The van der Waals surface area contributed by atoms with E-state index in [9.17, 15) is 0 Å². The molecule has 25 heavy (non-hydrogen) atoms. The van der Waals surface area contributed by atoms with E-state index in [1.165, 1.54) is 33.4 Å². The van der Waals surface area contributed by atoms with Gasteiger partial charge < -0.3 is 24.8 Å². The van der Waals surface area contributed by atoms with Crippen LogP contribution in [0.1, 0.15) is 45.7 Å². The number of benzene rings is 2. The Hall–Kier alpha value is -0.786. The summed E-state index contributed by atoms with van der Waals surface area (Å²) in [7, 11) is 0. The van der Waals surface area contributed by atoms with Crippen LogP contribution in [0.15, 0.2) is 63.1 Å². The monoisotopic (exact) mass is 406 g/mol. The maximum absolute atomic E-state index is 2.36. The van der Waals surface area contributed by atoms with Crippen LogP contribution in [0.25, 0.3) is 11.1 Å². The fourth-order valence-corrected chi connectivity index (χ4v) is 5.31. The van der Waals surface area contributed by atoms with Crippen molar-refractivity contribution in [2.24, 2.45) is 0 Å². The quantitative estimate of drug-likeness (QED) is 0.411. The molecular formula is C22H24Cl2Ti. The first-order valence-electron chi connectivity index (χ1n) is 8.28. The minimum Gasteiger partial charge on any atom is -1.00 e. The van der Waals surface area contributed by atoms with Gasteiger partial charge in [-0.25, -0.2) is 0 Å². The molecule has 0 fully saturated rings. The molecule has 0 aromatic heterocycles. The van der Waals surface area contributed by atoms with Gasteiger partial charge in [-0.3, -0.25) is 0 Å². The van der Waals surface area contributed by atoms with E-state index in [0.29, 0.717) is 0 Å². The second kappa shape index (κ2) is 9.24. The van der Waals surface area contributed by atoms with E-state index in [1.807, 2.05) is 0 Å². The molecule has 0 bridgehead atoms. The number of hydrogen-bond donors (Lipinski definition) is 0. The van der Waals surface area contributed by atoms with Gasteiger partial charge >= 0.3 is 149 Å². The molecule has 0 saturated heterocycles. The summed E-state index contributed by atoms with van der Waals surface area (Å²) in [6, 6.07) is 15.8. The summed E-state index contributed by atoms with van der Waals surface area (Å²) in [6.07, 6.45) is 1.11. The van der Waals surface area contributed by atoms with Gasteiger partial charge in [-0.2, -0.15) is 0 Å². The SMILES string of the molecule is CC(C)=C(C)/C(C)=[C](\C)[Ti+2][c]1cccc2c1Cc1ccccc1-2.[Cl-].[Cl-]. The fraction of sp³-hybridized carbons (Fsp3) is 0.273. The molecule has 1 aliphatic rings. The Morgan fingerprint density at radius 1 is 0.760 bits per heavy atom. The Bertz CT molecular complexity index is 828. The molecule has 0 atom stereocenters. The molecule has 0 amide bonds. The fourth-order valence-electron chi connectivity index (χ4n) is 3.23. The predicted octanol–water partition coefficient (Wildman–Crippen LogP) is -0.376. The molecule has 1 aliphatic carbocycles. The average molecular weight is 407 g/mol. The first-order chi connectivity index (χ1) is 11.0. The summed E-state index contributed by atoms with van der Waals surface area (Å²) in [4.78, 5) is 0. The Morgan fingerprint density at radius 2 is 1.40 bits per heavy atom. The molecular weight excluding hydrogens is 383 g/mol. The average Bonchev–Trinajstić information content (AvgIpc) is 2.93. The third-order valence-electron chi connectivity index (χ3n) is 5.05. The van der Waals surface area contributed by atoms with E-state index in [2.05, 4.69) is 77.1 Å². The summed E-state index contributed by atoms with van der Waals surface area (Å²) in [6.45, 7) is 11.3. The summed E-state index contributed by atoms with van der Waals surface area (Å²) < 4.78 is 3.21. The molecule has 0 heterocycles. The molecule has 0 nitrogen and oxygen atoms in total. The molecule has 0 N–H and O–H groups in total. The van der Waals surface area contributed by atoms with Gasteiger partial charge in [0.2, 0.25) is 0 Å². The van der Waals surface area contributed by atoms with Gasteiger partial charge in [-0.15, -0.1) is 0 Å². The molecule has 3 heteroatoms. The molecule has 0 radical (unpaired) electrons. The van der Waals surface area contributed by atoms with Crippen molar-refractivity contribution in [3.63, 3.8) is 0 Å². The number of hydrogen-bond acceptors (Lipinski definition) is 0. The zero-order valence-electron chi connectivity index (χ0n) is 15.5. The van der Waals surface area contributed by atoms with E-state index in [1.54, 1.807) is 13.3 Å². The molecule has 0 unspecified atom stereocenters. The Kier molecular flexibility index (Phi) is 8.22. The van der Waals surface area contributed by atoms with Crippen molar-refractivity contribution in [1.82, 2.24) is 0 Å². The second-order valence-corrected chi connectivity index (χ2v) is 9.07. The largest absolute Gasteiger partial charge is 1.00 e. The Labute approximate surface area is 173 Å². The van der Waals surface area contributed by atoms with Crippen LogP contribution in [0, 0.1) is 0 Å². The third-order valence-corrected chi connectivity index (χ3v) is 7.37. The van der Waals surface area contributed by atoms with Crippen molar-refractivity contribution in [3.05, 3.63) is 74.2 Å². The van der Waals surface area contributed by atoms with Crippen LogP contribution in [-0.2, 0) is 25.6 Å². The predicted molar refractivity (Wildman–Crippen MR) is 96.7 cm³/mol. The first kappa shape index (κ1) is 22.3. The molecule has 3 rings (SSSR count). The molecule has 2 aromatic rings. The van der Waals surface area contributed by atoms with E-state index in [4.69, 9.17) is 0 Å². The molecule has 0 saturated carbocycles. The van der Waals surface area contributed by atoms with Gasteiger partial charge in [0.15, 0.2) is 0 Å². The summed E-state index contributed by atoms with van der Waals surface area (Å²) in [5.74, 6) is 0. The van der Waals surface area contributed by atoms with Gasteiger partial charge in [0.05, 0.1) is 0 Å². The van der Waals surface area contributed by atoms with Crippen LogP contribution < -0.4 is 28.7 Å². The topological polar surface area (TPSA) is 0 Å². The molecule has 130 valence electrons. The van der Waals surface area contributed by atoms with Gasteiger partial charge in [-0.05, 0) is 0 Å². The number of halogens is 2. The van der Waals surface area contributed by atoms with E-state index >= 15 is 0 Å². The van der Waals surface area contributed by atoms with Gasteiger partial charge in [0, 0.05) is 0 Å². The molecule has 2 aromatic carbocycles. The van der Waals surface area contributed by atoms with E-state index < -0.39 is 0 Å². The zero-order chi connectivity index (χ0) is 16.6. The smallest absolute Gasteiger partial charge is 1.00 e. The van der Waals surface area contributed by atoms with Crippen molar-refractivity contribution in [1.29, 1.82) is 0 Å². The van der Waals surface area contributed by atoms with E-state index in [-0.39, 0.29) is 44.0 Å². The van der Waals surface area contributed by atoms with Crippen molar-refractivity contribution < 1.29 is 44.0 Å². The Morgan fingerprint density at radius 3 is 2.08 bits per heavy atom. The summed E-state index contributed by atoms with van der Waals surface area (Å²) in [5.41, 5.74) is 10.4. The number of allylic oxidation sites excluding steroid dienone is 4. The first-order valence-corrected chi connectivity index (χ1v) is 9.84. The van der Waals surface area contributed by atoms with Crippen LogP contribution in [0.5, 0.6) is 0 Å². The van der Waals surface area contributed by atoms with Gasteiger partial charge in [0.25, 0.3) is 0 Å². The van der Waals surface area contributed by atoms with Crippen LogP contribution in [0.3, 0.4) is 0 Å². The third kappa shape index (κ3) is 4.49. The normalized spacial score (nSPS) is 11.9. The molecule has 0 aliphatic heterocycles. The molecule has 0 spiro atoms. The van der Waals surface area contributed by atoms with Crippen molar-refractivity contribution in [2.75, 3.05) is 0 Å². The van der Waals surface area contributed by atoms with Crippen LogP contribution in [0.2, 0.25) is 0 Å². The van der Waals surface area contributed by atoms with Crippen molar-refractivity contribution in [2.45, 2.75) is 41.0 Å². The maximum Gasteiger partial charge on any atom is -1.00 e. The minimum atomic E-state index is -0.255. The van der Waals surface area contributed by atoms with Crippen LogP contribution in [-0.4, -0.2) is 0 Å². The van der Waals surface area contributed by atoms with Crippen LogP contribution >= 0.6 is 0 Å². The summed E-state index contributed by atoms with van der Waals surface area (Å²) >= 11 is -0.255. The van der Waals surface area contributed by atoms with Crippen molar-refractivity contribution >= 4 is 3.87 Å². The minimum absolute atomic E-state index is 0. The van der Waals surface area contributed by atoms with Gasteiger partial charge in [0.1, 0.15) is 0 Å². The van der Waals surface area contributed by atoms with Gasteiger partial charge in [-0.1, -0.05) is 0 Å². The number of fused-ring (bicyclic) bond motifs is 3. The Balaban J connectivity index is 0.00000156. The second-order valence-electron chi connectivity index (χ2n) is 6.67. The van der Waals surface area contributed by atoms with E-state index in [0.717, 1.165) is 6.42 Å². The van der Waals surface area contributed by atoms with Crippen molar-refractivity contribution in [3.8, 4) is 11.1 Å². The number of rotatable bonds is 3. The van der Waals surface area contributed by atoms with Crippen LogP contribution in [0.4, 0.5) is 0 Å². The summed E-state index contributed by atoms with van der Waals surface area (Å²) in [5, 5.41) is 0. The zero-order valence-corrected chi connectivity index (χ0v) is 18.6. The standard InChI is InChI=1S/C13H9.C9H15.2ClH.Ti/c1-3-7-12-10(5-1)9-11-6-2-4-8-13(11)12;1-6-8(4)9(5)7(2)3;;;/h1-5,7-8H,9H2;1-5H3;2*1H;/q;;;;+2/p-2.